The SMILES string of the molecule is Cc1ccc(S(=O)(=O)N(CC(=O)N(Cc2cccc(Br)c2)C(C)C(=O)NCC(C)C)c2ccc(Cl)c(C(F)(F)F)c2)cc1. The van der Waals surface area contributed by atoms with Crippen molar-refractivity contribution in [1.82, 2.24) is 10.2 Å². The zero-order valence-electron chi connectivity index (χ0n) is 24.0. The first-order valence-corrected chi connectivity index (χ1v) is 15.9. The third-order valence-electron chi connectivity index (χ3n) is 6.52. The minimum atomic E-state index is -4.88. The average Bonchev–Trinajstić information content (AvgIpc) is 2.92. The lowest BCUT2D eigenvalue weighted by atomic mass is 10.1. The predicted octanol–water partition coefficient (Wildman–Crippen LogP) is 6.81. The van der Waals surface area contributed by atoms with Gasteiger partial charge in [-0.2, -0.15) is 13.2 Å². The van der Waals surface area contributed by atoms with Gasteiger partial charge in [-0.25, -0.2) is 8.42 Å². The van der Waals surface area contributed by atoms with Crippen LogP contribution in [0.1, 0.15) is 37.5 Å². The number of alkyl halides is 3. The first-order chi connectivity index (χ1) is 20.0. The van der Waals surface area contributed by atoms with Crippen LogP contribution in [0.25, 0.3) is 0 Å². The Bertz CT molecular complexity index is 1570. The van der Waals surface area contributed by atoms with Crippen LogP contribution >= 0.6 is 27.5 Å². The van der Waals surface area contributed by atoms with Crippen LogP contribution in [0.5, 0.6) is 0 Å². The van der Waals surface area contributed by atoms with E-state index in [1.54, 1.807) is 31.2 Å². The molecule has 0 saturated heterocycles. The predicted molar refractivity (Wildman–Crippen MR) is 164 cm³/mol. The molecule has 1 N–H and O–H groups in total. The summed E-state index contributed by atoms with van der Waals surface area (Å²) >= 11 is 9.19. The standard InChI is InChI=1S/C30H32BrClF3N3O4S/c1-19(2)16-36-29(40)21(4)37(17-22-6-5-7-23(31)14-22)28(39)18-38(43(41,42)25-11-8-20(3)9-12-25)24-10-13-27(32)26(15-24)30(33,34)35/h5-15,19,21H,16-18H2,1-4H3,(H,36,40). The van der Waals surface area contributed by atoms with Gasteiger partial charge in [-0.15, -0.1) is 0 Å². The Labute approximate surface area is 263 Å². The third-order valence-corrected chi connectivity index (χ3v) is 9.14. The number of sulfonamides is 1. The zero-order chi connectivity index (χ0) is 32.1. The molecule has 3 rings (SSSR count). The van der Waals surface area contributed by atoms with E-state index in [-0.39, 0.29) is 17.4 Å². The van der Waals surface area contributed by atoms with Crippen molar-refractivity contribution in [2.45, 2.75) is 51.4 Å². The fourth-order valence-corrected chi connectivity index (χ4v) is 6.20. The maximum atomic E-state index is 14.0. The molecule has 0 spiro atoms. The van der Waals surface area contributed by atoms with E-state index in [1.807, 2.05) is 13.8 Å². The van der Waals surface area contributed by atoms with Crippen LogP contribution in [0, 0.1) is 12.8 Å². The molecule has 0 saturated carbocycles. The van der Waals surface area contributed by atoms with Gasteiger partial charge >= 0.3 is 6.18 Å². The van der Waals surface area contributed by atoms with Gasteiger partial charge < -0.3 is 10.2 Å². The molecule has 0 radical (unpaired) electrons. The molecule has 0 aliphatic carbocycles. The summed E-state index contributed by atoms with van der Waals surface area (Å²) in [7, 11) is -4.55. The van der Waals surface area contributed by atoms with E-state index in [2.05, 4.69) is 21.2 Å². The number of hydrogen-bond acceptors (Lipinski definition) is 4. The van der Waals surface area contributed by atoms with E-state index in [0.29, 0.717) is 22.5 Å². The van der Waals surface area contributed by atoms with Crippen LogP contribution in [-0.4, -0.2) is 44.3 Å². The summed E-state index contributed by atoms with van der Waals surface area (Å²) in [6, 6.07) is 14.3. The number of aryl methyl sites for hydroxylation is 1. The molecule has 0 aliphatic heterocycles. The number of carbonyl (C=O) groups excluding carboxylic acids is 2. The summed E-state index contributed by atoms with van der Waals surface area (Å²) in [4.78, 5) is 28.0. The highest BCUT2D eigenvalue weighted by Crippen LogP contribution is 2.38. The fraction of sp³-hybridized carbons (Fsp3) is 0.333. The smallest absolute Gasteiger partial charge is 0.354 e. The maximum Gasteiger partial charge on any atom is 0.417 e. The van der Waals surface area contributed by atoms with Crippen LogP contribution < -0.4 is 9.62 Å². The first kappa shape index (κ1) is 34.4. The number of hydrogen-bond donors (Lipinski definition) is 1. The minimum absolute atomic E-state index is 0.0681. The summed E-state index contributed by atoms with van der Waals surface area (Å²) in [5.74, 6) is -1.13. The second-order valence-electron chi connectivity index (χ2n) is 10.5. The number of benzene rings is 3. The van der Waals surface area contributed by atoms with Crippen molar-refractivity contribution in [3.05, 3.63) is 92.9 Å². The maximum absolute atomic E-state index is 14.0. The van der Waals surface area contributed by atoms with Gasteiger partial charge in [0.05, 0.1) is 21.2 Å². The van der Waals surface area contributed by atoms with Gasteiger partial charge in [-0.3, -0.25) is 13.9 Å². The molecule has 0 bridgehead atoms. The molecule has 1 atom stereocenters. The fourth-order valence-electron chi connectivity index (χ4n) is 4.12. The van der Waals surface area contributed by atoms with Gasteiger partial charge in [0.1, 0.15) is 12.6 Å². The van der Waals surface area contributed by atoms with E-state index < -0.39 is 56.9 Å². The lowest BCUT2D eigenvalue weighted by molar-refractivity contribution is -0.139. The Kier molecular flexibility index (Phi) is 11.3. The molecule has 43 heavy (non-hydrogen) atoms. The Morgan fingerprint density at radius 1 is 1.00 bits per heavy atom. The number of nitrogens with zero attached hydrogens (tertiary/aromatic N) is 2. The van der Waals surface area contributed by atoms with Gasteiger partial charge in [-0.05, 0) is 67.8 Å². The molecular weight excluding hydrogens is 671 g/mol. The van der Waals surface area contributed by atoms with Crippen LogP contribution in [0.2, 0.25) is 5.02 Å². The second kappa shape index (κ2) is 14.1. The van der Waals surface area contributed by atoms with Gasteiger partial charge in [0, 0.05) is 17.6 Å². The van der Waals surface area contributed by atoms with Crippen molar-refractivity contribution in [1.29, 1.82) is 0 Å². The molecule has 13 heteroatoms. The van der Waals surface area contributed by atoms with Crippen LogP contribution in [0.15, 0.2) is 76.1 Å². The number of carbonyl (C=O) groups is 2. The van der Waals surface area contributed by atoms with Gasteiger partial charge in [0.15, 0.2) is 0 Å². The topological polar surface area (TPSA) is 86.8 Å². The largest absolute Gasteiger partial charge is 0.417 e. The highest BCUT2D eigenvalue weighted by Gasteiger charge is 2.37. The Balaban J connectivity index is 2.11. The highest BCUT2D eigenvalue weighted by molar-refractivity contribution is 9.10. The Morgan fingerprint density at radius 2 is 1.65 bits per heavy atom. The van der Waals surface area contributed by atoms with Crippen molar-refractivity contribution in [3.63, 3.8) is 0 Å². The van der Waals surface area contributed by atoms with Crippen LogP contribution in [0.3, 0.4) is 0 Å². The van der Waals surface area contributed by atoms with Crippen molar-refractivity contribution >= 4 is 55.1 Å². The first-order valence-electron chi connectivity index (χ1n) is 13.3. The molecule has 2 amide bonds. The normalized spacial score (nSPS) is 12.6. The lowest BCUT2D eigenvalue weighted by Gasteiger charge is -2.32. The van der Waals surface area contributed by atoms with Gasteiger partial charge in [0.2, 0.25) is 11.8 Å². The highest BCUT2D eigenvalue weighted by atomic mass is 79.9. The minimum Gasteiger partial charge on any atom is -0.354 e. The molecule has 7 nitrogen and oxygen atoms in total. The van der Waals surface area contributed by atoms with Gasteiger partial charge in [0.25, 0.3) is 10.0 Å². The lowest BCUT2D eigenvalue weighted by Crippen LogP contribution is -2.51. The summed E-state index contributed by atoms with van der Waals surface area (Å²) in [5, 5.41) is 2.15. The monoisotopic (exact) mass is 701 g/mol. The third kappa shape index (κ3) is 8.96. The van der Waals surface area contributed by atoms with E-state index >= 15 is 0 Å². The molecule has 0 heterocycles. The summed E-state index contributed by atoms with van der Waals surface area (Å²) in [5.41, 5.74) is -0.264. The number of nitrogens with one attached hydrogen (secondary N) is 1. The summed E-state index contributed by atoms with van der Waals surface area (Å²) < 4.78 is 70.4. The summed E-state index contributed by atoms with van der Waals surface area (Å²) in [6.45, 7) is 6.47. The van der Waals surface area contributed by atoms with Crippen LogP contribution in [0.4, 0.5) is 18.9 Å². The molecular formula is C30H32BrClF3N3O4S. The summed E-state index contributed by atoms with van der Waals surface area (Å²) in [6.07, 6.45) is -4.88. The molecule has 232 valence electrons. The van der Waals surface area contributed by atoms with Crippen molar-refractivity contribution in [3.8, 4) is 0 Å². The van der Waals surface area contributed by atoms with Gasteiger partial charge in [-0.1, -0.05) is 71.2 Å². The Hall–Kier alpha value is -3.09. The molecule has 0 fully saturated rings. The number of amides is 2. The molecule has 3 aromatic rings. The number of halogens is 5. The molecule has 1 unspecified atom stereocenters. The van der Waals surface area contributed by atoms with Crippen LogP contribution in [-0.2, 0) is 32.3 Å². The molecule has 0 aromatic heterocycles. The zero-order valence-corrected chi connectivity index (χ0v) is 27.1. The number of rotatable bonds is 11. The second-order valence-corrected chi connectivity index (χ2v) is 13.6. The number of anilines is 1. The van der Waals surface area contributed by atoms with Crippen molar-refractivity contribution < 1.29 is 31.2 Å². The quantitative estimate of drug-likeness (QED) is 0.238. The van der Waals surface area contributed by atoms with E-state index in [0.717, 1.165) is 22.2 Å². The molecule has 0 aliphatic rings. The average molecular weight is 703 g/mol. The van der Waals surface area contributed by atoms with E-state index in [9.17, 15) is 31.2 Å². The van der Waals surface area contributed by atoms with E-state index in [1.165, 1.54) is 36.1 Å². The van der Waals surface area contributed by atoms with E-state index in [4.69, 9.17) is 11.6 Å². The van der Waals surface area contributed by atoms with Crippen molar-refractivity contribution in [2.75, 3.05) is 17.4 Å². The molecule has 3 aromatic carbocycles. The van der Waals surface area contributed by atoms with Crippen molar-refractivity contribution in [2.24, 2.45) is 5.92 Å². The Morgan fingerprint density at radius 3 is 2.23 bits per heavy atom.